The molecule has 1 aromatic heterocycles. The van der Waals surface area contributed by atoms with Crippen molar-refractivity contribution in [2.24, 2.45) is 0 Å². The van der Waals surface area contributed by atoms with E-state index < -0.39 is 0 Å². The predicted octanol–water partition coefficient (Wildman–Crippen LogP) is 5.38. The first-order chi connectivity index (χ1) is 17.2. The van der Waals surface area contributed by atoms with E-state index in [1.807, 2.05) is 31.2 Å². The van der Waals surface area contributed by atoms with Crippen LogP contribution in [0, 0.1) is 0 Å². The average molecular weight is 543 g/mol. The molecule has 2 aromatic carbocycles. The largest absolute Gasteiger partial charge is 0.466 e. The second-order valence-electron chi connectivity index (χ2n) is 7.62. The number of thiocarbonyl (C=S) groups is 1. The van der Waals surface area contributed by atoms with E-state index in [0.717, 1.165) is 16.3 Å². The first kappa shape index (κ1) is 27.3. The van der Waals surface area contributed by atoms with Crippen LogP contribution in [0.15, 0.2) is 58.8 Å². The Bertz CT molecular complexity index is 1240. The fourth-order valence-corrected chi connectivity index (χ4v) is 4.87. The van der Waals surface area contributed by atoms with Crippen LogP contribution in [0.2, 0.25) is 0 Å². The minimum atomic E-state index is -0.387. The summed E-state index contributed by atoms with van der Waals surface area (Å²) in [4.78, 5) is 40.8. The minimum absolute atomic E-state index is 0.00452. The van der Waals surface area contributed by atoms with E-state index in [1.54, 1.807) is 36.6 Å². The monoisotopic (exact) mass is 542 g/mol. The molecule has 0 aliphatic heterocycles. The van der Waals surface area contributed by atoms with Gasteiger partial charge in [0.05, 0.1) is 24.0 Å². The van der Waals surface area contributed by atoms with Gasteiger partial charge < -0.3 is 20.7 Å². The molecule has 3 N–H and O–H groups in total. The van der Waals surface area contributed by atoms with Crippen LogP contribution >= 0.6 is 35.3 Å². The number of esters is 1. The minimum Gasteiger partial charge on any atom is -0.466 e. The topological polar surface area (TPSA) is 109 Å². The predicted molar refractivity (Wildman–Crippen MR) is 149 cm³/mol. The number of nitrogens with zero attached hydrogens (tertiary/aromatic N) is 1. The lowest BCUT2D eigenvalue weighted by molar-refractivity contribution is -0.142. The van der Waals surface area contributed by atoms with Crippen LogP contribution in [0.25, 0.3) is 0 Å². The SMILES string of the molecule is CCOC(=O)Cc1csc(NC(=O)C(C)Sc2cccc(NC(=S)Nc3ccc(C(C)=O)cc3)c2)n1. The number of benzene rings is 2. The van der Waals surface area contributed by atoms with Gasteiger partial charge in [-0.1, -0.05) is 6.07 Å². The highest BCUT2D eigenvalue weighted by Gasteiger charge is 2.17. The van der Waals surface area contributed by atoms with Gasteiger partial charge in [-0.25, -0.2) is 4.98 Å². The number of aromatic nitrogens is 1. The van der Waals surface area contributed by atoms with Crippen molar-refractivity contribution in [2.75, 3.05) is 22.6 Å². The molecule has 1 heterocycles. The maximum absolute atomic E-state index is 12.7. The van der Waals surface area contributed by atoms with Gasteiger partial charge >= 0.3 is 5.97 Å². The van der Waals surface area contributed by atoms with Crippen LogP contribution in [0.1, 0.15) is 36.8 Å². The van der Waals surface area contributed by atoms with Crippen molar-refractivity contribution in [1.29, 1.82) is 0 Å². The molecule has 0 aliphatic rings. The van der Waals surface area contributed by atoms with Crippen molar-refractivity contribution in [2.45, 2.75) is 37.3 Å². The van der Waals surface area contributed by atoms with Crippen LogP contribution in [0.3, 0.4) is 0 Å². The van der Waals surface area contributed by atoms with Gasteiger partial charge in [0.2, 0.25) is 5.91 Å². The Morgan fingerprint density at radius 1 is 1.08 bits per heavy atom. The third kappa shape index (κ3) is 8.43. The van der Waals surface area contributed by atoms with Crippen molar-refractivity contribution in [3.63, 3.8) is 0 Å². The smallest absolute Gasteiger partial charge is 0.311 e. The molecule has 0 saturated carbocycles. The molecule has 3 rings (SSSR count). The Kier molecular flexibility index (Phi) is 9.97. The Hall–Kier alpha value is -3.28. The van der Waals surface area contributed by atoms with E-state index in [0.29, 0.717) is 28.1 Å². The van der Waals surface area contributed by atoms with Crippen molar-refractivity contribution >= 4 is 74.6 Å². The number of Topliss-reactive ketones (excluding diaryl/α,β-unsaturated/α-hetero) is 1. The molecule has 0 saturated heterocycles. The van der Waals surface area contributed by atoms with Crippen molar-refractivity contribution in [1.82, 2.24) is 4.98 Å². The normalized spacial score (nSPS) is 11.3. The summed E-state index contributed by atoms with van der Waals surface area (Å²) in [5.41, 5.74) is 2.73. The highest BCUT2D eigenvalue weighted by atomic mass is 32.2. The Morgan fingerprint density at radius 2 is 1.81 bits per heavy atom. The van der Waals surface area contributed by atoms with Crippen molar-refractivity contribution in [3.05, 3.63) is 65.2 Å². The second kappa shape index (κ2) is 13.1. The lowest BCUT2D eigenvalue weighted by Crippen LogP contribution is -2.22. The second-order valence-corrected chi connectivity index (χ2v) is 10.3. The first-order valence-electron chi connectivity index (χ1n) is 11.1. The quantitative estimate of drug-likeness (QED) is 0.135. The fraction of sp³-hybridized carbons (Fsp3) is 0.240. The number of carbonyl (C=O) groups is 3. The van der Waals surface area contributed by atoms with Gasteiger partial charge in [0.25, 0.3) is 0 Å². The highest BCUT2D eigenvalue weighted by molar-refractivity contribution is 8.00. The standard InChI is InChI=1S/C25H26N4O4S3/c1-4-33-22(31)13-20-14-35-25(28-20)29-23(32)16(3)36-21-7-5-6-19(12-21)27-24(34)26-18-10-8-17(9-11-18)15(2)30/h5-12,14,16H,4,13H2,1-3H3,(H2,26,27,34)(H,28,29,32). The molecule has 1 atom stereocenters. The fourth-order valence-electron chi connectivity index (χ4n) is 3.00. The molecule has 3 aromatic rings. The van der Waals surface area contributed by atoms with Gasteiger partial charge in [-0.3, -0.25) is 14.4 Å². The summed E-state index contributed by atoms with van der Waals surface area (Å²) in [5.74, 6) is -0.537. The number of ether oxygens (including phenoxy) is 1. The Balaban J connectivity index is 1.52. The number of amides is 1. The van der Waals surface area contributed by atoms with Gasteiger partial charge in [0.1, 0.15) is 0 Å². The van der Waals surface area contributed by atoms with E-state index in [1.165, 1.54) is 30.0 Å². The molecular weight excluding hydrogens is 517 g/mol. The number of rotatable bonds is 10. The molecule has 36 heavy (non-hydrogen) atoms. The number of carbonyl (C=O) groups excluding carboxylic acids is 3. The van der Waals surface area contributed by atoms with Crippen LogP contribution in [0.4, 0.5) is 16.5 Å². The molecule has 1 amide bonds. The number of thiazole rings is 1. The molecule has 0 spiro atoms. The third-order valence-electron chi connectivity index (χ3n) is 4.74. The van der Waals surface area contributed by atoms with Crippen molar-refractivity contribution < 1.29 is 19.1 Å². The molecule has 1 unspecified atom stereocenters. The van der Waals surface area contributed by atoms with E-state index in [2.05, 4.69) is 20.9 Å². The van der Waals surface area contributed by atoms with Crippen LogP contribution in [-0.4, -0.2) is 39.6 Å². The molecule has 0 fully saturated rings. The summed E-state index contributed by atoms with van der Waals surface area (Å²) in [5, 5.41) is 11.2. The zero-order valence-corrected chi connectivity index (χ0v) is 22.4. The number of ketones is 1. The lowest BCUT2D eigenvalue weighted by atomic mass is 10.1. The van der Waals surface area contributed by atoms with Crippen LogP contribution < -0.4 is 16.0 Å². The maximum Gasteiger partial charge on any atom is 0.311 e. The molecule has 0 bridgehead atoms. The lowest BCUT2D eigenvalue weighted by Gasteiger charge is -2.13. The molecule has 0 radical (unpaired) electrons. The van der Waals surface area contributed by atoms with E-state index in [-0.39, 0.29) is 29.3 Å². The summed E-state index contributed by atoms with van der Waals surface area (Å²) in [6, 6.07) is 14.6. The number of hydrogen-bond acceptors (Lipinski definition) is 8. The zero-order valence-electron chi connectivity index (χ0n) is 20.0. The molecular formula is C25H26N4O4S3. The zero-order chi connectivity index (χ0) is 26.1. The highest BCUT2D eigenvalue weighted by Crippen LogP contribution is 2.27. The Labute approximate surface area is 223 Å². The summed E-state index contributed by atoms with van der Waals surface area (Å²) >= 11 is 8.06. The van der Waals surface area contributed by atoms with Gasteiger partial charge in [-0.15, -0.1) is 23.1 Å². The first-order valence-corrected chi connectivity index (χ1v) is 13.3. The number of anilines is 3. The summed E-state index contributed by atoms with van der Waals surface area (Å²) in [6.07, 6.45) is 0.0742. The summed E-state index contributed by atoms with van der Waals surface area (Å²) in [6.45, 7) is 5.39. The number of thioether (sulfide) groups is 1. The van der Waals surface area contributed by atoms with Crippen LogP contribution in [-0.2, 0) is 20.7 Å². The van der Waals surface area contributed by atoms with E-state index >= 15 is 0 Å². The summed E-state index contributed by atoms with van der Waals surface area (Å²) in [7, 11) is 0. The average Bonchev–Trinajstić information content (AvgIpc) is 3.26. The van der Waals surface area contributed by atoms with Gasteiger partial charge in [0.15, 0.2) is 16.0 Å². The third-order valence-corrected chi connectivity index (χ3v) is 6.84. The van der Waals surface area contributed by atoms with Gasteiger partial charge in [-0.2, -0.15) is 0 Å². The van der Waals surface area contributed by atoms with E-state index in [9.17, 15) is 14.4 Å². The van der Waals surface area contributed by atoms with Gasteiger partial charge in [-0.05, 0) is 75.5 Å². The molecule has 0 aliphatic carbocycles. The maximum atomic E-state index is 12.7. The number of nitrogens with one attached hydrogen (secondary N) is 3. The van der Waals surface area contributed by atoms with Gasteiger partial charge in [0, 0.05) is 27.2 Å². The van der Waals surface area contributed by atoms with Crippen LogP contribution in [0.5, 0.6) is 0 Å². The number of hydrogen-bond donors (Lipinski definition) is 3. The Morgan fingerprint density at radius 3 is 2.50 bits per heavy atom. The molecule has 11 heteroatoms. The molecule has 188 valence electrons. The van der Waals surface area contributed by atoms with Crippen molar-refractivity contribution in [3.8, 4) is 0 Å². The molecule has 8 nitrogen and oxygen atoms in total. The summed E-state index contributed by atoms with van der Waals surface area (Å²) < 4.78 is 4.92. The van der Waals surface area contributed by atoms with E-state index in [4.69, 9.17) is 17.0 Å².